The minimum atomic E-state index is -0.505. The molecule has 3 N–H and O–H groups in total. The van der Waals surface area contributed by atoms with E-state index in [0.717, 1.165) is 11.3 Å². The molecule has 7 nitrogen and oxygen atoms in total. The van der Waals surface area contributed by atoms with Crippen molar-refractivity contribution in [3.05, 3.63) is 41.6 Å². The average Bonchev–Trinajstić information content (AvgIpc) is 3.06. The van der Waals surface area contributed by atoms with Gasteiger partial charge in [-0.25, -0.2) is 4.68 Å². The summed E-state index contributed by atoms with van der Waals surface area (Å²) in [6.45, 7) is 12.5. The van der Waals surface area contributed by atoms with E-state index in [9.17, 15) is 9.59 Å². The van der Waals surface area contributed by atoms with Crippen LogP contribution in [0.3, 0.4) is 0 Å². The van der Waals surface area contributed by atoms with Crippen molar-refractivity contribution in [3.8, 4) is 0 Å². The van der Waals surface area contributed by atoms with Crippen LogP contribution in [0.1, 0.15) is 65.5 Å². The molecule has 3 rings (SSSR count). The van der Waals surface area contributed by atoms with Crippen molar-refractivity contribution in [2.75, 3.05) is 5.32 Å². The molecule has 0 spiro atoms. The van der Waals surface area contributed by atoms with Crippen molar-refractivity contribution in [3.63, 3.8) is 0 Å². The highest BCUT2D eigenvalue weighted by Gasteiger charge is 2.29. The zero-order valence-corrected chi connectivity index (χ0v) is 20.0. The molecular weight excluding hydrogens is 410 g/mol. The topological polar surface area (TPSA) is 88.1 Å². The maximum atomic E-state index is 12.8. The Labute approximate surface area is 188 Å². The van der Waals surface area contributed by atoms with Gasteiger partial charge in [-0.3, -0.25) is 14.9 Å². The van der Waals surface area contributed by atoms with Crippen LogP contribution >= 0.6 is 11.8 Å². The van der Waals surface area contributed by atoms with Crippen LogP contribution in [0.15, 0.2) is 35.2 Å². The summed E-state index contributed by atoms with van der Waals surface area (Å²) in [4.78, 5) is 26.0. The molecule has 1 aliphatic heterocycles. The summed E-state index contributed by atoms with van der Waals surface area (Å²) in [5.41, 5.74) is 1.59. The van der Waals surface area contributed by atoms with Gasteiger partial charge in [-0.15, -0.1) is 11.8 Å². The number of hydrogen-bond acceptors (Lipinski definition) is 5. The Morgan fingerprint density at radius 3 is 2.55 bits per heavy atom. The molecule has 0 aliphatic carbocycles. The van der Waals surface area contributed by atoms with Crippen molar-refractivity contribution >= 4 is 29.4 Å². The zero-order chi connectivity index (χ0) is 22.8. The molecule has 0 bridgehead atoms. The molecule has 2 amide bonds. The molecule has 2 atom stereocenters. The summed E-state index contributed by atoms with van der Waals surface area (Å²) in [7, 11) is 0. The first kappa shape index (κ1) is 23.3. The molecule has 2 aromatic rings. The van der Waals surface area contributed by atoms with Gasteiger partial charge in [-0.2, -0.15) is 5.10 Å². The second-order valence-corrected chi connectivity index (χ2v) is 11.0. The van der Waals surface area contributed by atoms with Crippen LogP contribution in [0.5, 0.6) is 0 Å². The van der Waals surface area contributed by atoms with Gasteiger partial charge in [-0.05, 0) is 24.6 Å². The molecule has 2 heterocycles. The number of benzene rings is 1. The van der Waals surface area contributed by atoms with E-state index >= 15 is 0 Å². The second kappa shape index (κ2) is 9.44. The Morgan fingerprint density at radius 2 is 1.97 bits per heavy atom. The van der Waals surface area contributed by atoms with Gasteiger partial charge >= 0.3 is 0 Å². The van der Waals surface area contributed by atoms with Crippen LogP contribution in [0.25, 0.3) is 0 Å². The third kappa shape index (κ3) is 6.33. The van der Waals surface area contributed by atoms with Crippen molar-refractivity contribution in [1.29, 1.82) is 0 Å². The van der Waals surface area contributed by atoms with Gasteiger partial charge in [0.05, 0.1) is 12.1 Å². The largest absolute Gasteiger partial charge is 0.322 e. The Bertz CT molecular complexity index is 930. The molecule has 0 saturated carbocycles. The van der Waals surface area contributed by atoms with Crippen LogP contribution in [0.4, 0.5) is 5.82 Å². The lowest BCUT2D eigenvalue weighted by atomic mass is 9.92. The van der Waals surface area contributed by atoms with Gasteiger partial charge in [0.15, 0.2) is 6.29 Å². The summed E-state index contributed by atoms with van der Waals surface area (Å²) in [6.07, 6.45) is 0.176. The third-order valence-electron chi connectivity index (χ3n) is 4.91. The highest BCUT2D eigenvalue weighted by molar-refractivity contribution is 7.99. The number of carbonyl (C=O) groups excluding carboxylic acids is 2. The monoisotopic (exact) mass is 443 g/mol. The van der Waals surface area contributed by atoms with Gasteiger partial charge in [0.1, 0.15) is 5.82 Å². The van der Waals surface area contributed by atoms with Crippen molar-refractivity contribution in [2.24, 2.45) is 0 Å². The van der Waals surface area contributed by atoms with Gasteiger partial charge in [0.25, 0.3) is 0 Å². The quantitative estimate of drug-likeness (QED) is 0.591. The minimum Gasteiger partial charge on any atom is -0.322 e. The Kier molecular flexibility index (Phi) is 7.11. The van der Waals surface area contributed by atoms with E-state index < -0.39 is 6.29 Å². The number of amides is 2. The molecule has 1 aromatic heterocycles. The standard InChI is InChI=1S/C23H33N5O2S/c1-14(2)31-17-9-7-16(8-10-17)12-21(30)25-19-13-18(23(4,5)6)27-28(19)22-24-15(3)11-20(29)26-22/h7-10,13-15,22,24H,11-12H2,1-6H3,(H,25,30)(H,26,29). The van der Waals surface area contributed by atoms with E-state index in [-0.39, 0.29) is 29.7 Å². The molecule has 0 radical (unpaired) electrons. The number of carbonyl (C=O) groups is 2. The minimum absolute atomic E-state index is 0.0202. The highest BCUT2D eigenvalue weighted by Crippen LogP contribution is 2.27. The zero-order valence-electron chi connectivity index (χ0n) is 19.2. The van der Waals surface area contributed by atoms with Gasteiger partial charge in [0.2, 0.25) is 11.8 Å². The lowest BCUT2D eigenvalue weighted by molar-refractivity contribution is -0.125. The summed E-state index contributed by atoms with van der Waals surface area (Å²) in [5.74, 6) is 0.399. The number of rotatable bonds is 6. The van der Waals surface area contributed by atoms with Crippen LogP contribution in [0.2, 0.25) is 0 Å². The first-order valence-electron chi connectivity index (χ1n) is 10.7. The third-order valence-corrected chi connectivity index (χ3v) is 5.92. The van der Waals surface area contributed by atoms with E-state index in [4.69, 9.17) is 5.10 Å². The Balaban J connectivity index is 1.77. The second-order valence-electron chi connectivity index (χ2n) is 9.39. The maximum Gasteiger partial charge on any atom is 0.229 e. The molecule has 8 heteroatoms. The van der Waals surface area contributed by atoms with E-state index in [0.29, 0.717) is 17.5 Å². The summed E-state index contributed by atoms with van der Waals surface area (Å²) >= 11 is 1.80. The lowest BCUT2D eigenvalue weighted by Gasteiger charge is -2.30. The predicted molar refractivity (Wildman–Crippen MR) is 125 cm³/mol. The van der Waals surface area contributed by atoms with Crippen LogP contribution in [0, 0.1) is 0 Å². The summed E-state index contributed by atoms with van der Waals surface area (Å²) in [6, 6.07) is 10.00. The molecule has 1 fully saturated rings. The Hall–Kier alpha value is -2.32. The molecule has 1 aliphatic rings. The predicted octanol–water partition coefficient (Wildman–Crippen LogP) is 3.82. The number of nitrogens with one attached hydrogen (secondary N) is 3. The van der Waals surface area contributed by atoms with E-state index in [2.05, 4.69) is 62.7 Å². The van der Waals surface area contributed by atoms with Gasteiger partial charge in [0, 0.05) is 34.1 Å². The number of thioether (sulfide) groups is 1. The number of anilines is 1. The van der Waals surface area contributed by atoms with E-state index in [1.54, 1.807) is 16.4 Å². The molecule has 168 valence electrons. The molecule has 31 heavy (non-hydrogen) atoms. The highest BCUT2D eigenvalue weighted by atomic mass is 32.2. The first-order valence-corrected chi connectivity index (χ1v) is 11.6. The lowest BCUT2D eigenvalue weighted by Crippen LogP contribution is -2.52. The number of aromatic nitrogens is 2. The van der Waals surface area contributed by atoms with E-state index in [1.165, 1.54) is 4.90 Å². The van der Waals surface area contributed by atoms with Crippen molar-refractivity contribution < 1.29 is 9.59 Å². The maximum absolute atomic E-state index is 12.8. The normalized spacial score (nSPS) is 19.4. The number of hydrogen-bond donors (Lipinski definition) is 3. The fourth-order valence-corrected chi connectivity index (χ4v) is 4.21. The fraction of sp³-hybridized carbons (Fsp3) is 0.522. The number of nitrogens with zero attached hydrogens (tertiary/aromatic N) is 2. The summed E-state index contributed by atoms with van der Waals surface area (Å²) in [5, 5.41) is 14.4. The van der Waals surface area contributed by atoms with E-state index in [1.807, 2.05) is 25.1 Å². The smallest absolute Gasteiger partial charge is 0.229 e. The van der Waals surface area contributed by atoms with Crippen molar-refractivity contribution in [2.45, 2.75) is 82.3 Å². The molecular formula is C23H33N5O2S. The fourth-order valence-electron chi connectivity index (χ4n) is 3.37. The van der Waals surface area contributed by atoms with Crippen LogP contribution in [-0.2, 0) is 21.4 Å². The average molecular weight is 444 g/mol. The molecule has 1 saturated heterocycles. The van der Waals surface area contributed by atoms with Gasteiger partial charge < -0.3 is 10.6 Å². The first-order chi connectivity index (χ1) is 14.5. The van der Waals surface area contributed by atoms with Gasteiger partial charge in [-0.1, -0.05) is 46.8 Å². The van der Waals surface area contributed by atoms with Crippen molar-refractivity contribution in [1.82, 2.24) is 20.4 Å². The SMILES string of the molecule is CC1CC(=O)NC(n2nc(C(C)(C)C)cc2NC(=O)Cc2ccc(SC(C)C)cc2)N1. The molecule has 2 unspecified atom stereocenters. The molecule has 1 aromatic carbocycles. The summed E-state index contributed by atoms with van der Waals surface area (Å²) < 4.78 is 1.66. The van der Waals surface area contributed by atoms with Crippen LogP contribution in [-0.4, -0.2) is 32.9 Å². The van der Waals surface area contributed by atoms with Crippen LogP contribution < -0.4 is 16.0 Å². The Morgan fingerprint density at radius 1 is 1.29 bits per heavy atom.